The molecule has 100 valence electrons. The molecule has 3 rings (SSSR count). The Morgan fingerprint density at radius 3 is 2.89 bits per heavy atom. The molecule has 2 N–H and O–H groups in total. The first-order valence-electron chi connectivity index (χ1n) is 5.93. The number of anilines is 1. The fourth-order valence-corrected chi connectivity index (χ4v) is 3.80. The number of aromatic amines is 1. The number of para-hydroxylation sites is 1. The summed E-state index contributed by atoms with van der Waals surface area (Å²) in [4.78, 5) is 0. The predicted molar refractivity (Wildman–Crippen MR) is 69.5 cm³/mol. The molecular weight excluding hydrogens is 266 g/mol. The number of aryl methyl sites for hydroxylation is 1. The lowest BCUT2D eigenvalue weighted by Gasteiger charge is -2.30. The third-order valence-electron chi connectivity index (χ3n) is 3.20. The van der Waals surface area contributed by atoms with Crippen LogP contribution in [0.2, 0.25) is 0 Å². The number of nitrogens with zero attached hydrogens (tertiary/aromatic N) is 2. The Morgan fingerprint density at radius 1 is 1.32 bits per heavy atom. The van der Waals surface area contributed by atoms with Gasteiger partial charge in [-0.2, -0.15) is 13.5 Å². The van der Waals surface area contributed by atoms with Gasteiger partial charge in [0.2, 0.25) is 0 Å². The normalized spacial score (nSPS) is 15.3. The highest BCUT2D eigenvalue weighted by molar-refractivity contribution is 7.92. The van der Waals surface area contributed by atoms with Gasteiger partial charge in [0.15, 0.2) is 5.03 Å². The minimum absolute atomic E-state index is 0.0136. The quantitative estimate of drug-likeness (QED) is 0.866. The minimum atomic E-state index is -3.70. The molecule has 0 amide bonds. The second kappa shape index (κ2) is 4.27. The molecule has 7 heteroatoms. The summed E-state index contributed by atoms with van der Waals surface area (Å²) in [6.45, 7) is 0.353. The summed E-state index contributed by atoms with van der Waals surface area (Å²) in [5, 5.41) is 16.1. The number of fused-ring (bicyclic) bond motifs is 1. The molecule has 0 atom stereocenters. The number of hydrogen-bond donors (Lipinski definition) is 2. The molecule has 1 aromatic heterocycles. The summed E-state index contributed by atoms with van der Waals surface area (Å²) in [5.41, 5.74) is 1.22. The molecule has 0 saturated carbocycles. The van der Waals surface area contributed by atoms with Crippen LogP contribution < -0.4 is 4.31 Å². The van der Waals surface area contributed by atoms with E-state index in [0.717, 1.165) is 18.4 Å². The van der Waals surface area contributed by atoms with E-state index in [1.807, 2.05) is 6.07 Å². The van der Waals surface area contributed by atoms with Crippen molar-refractivity contribution in [2.45, 2.75) is 17.9 Å². The fraction of sp³-hybridized carbons (Fsp3) is 0.250. The summed E-state index contributed by atoms with van der Waals surface area (Å²) in [7, 11) is -3.70. The van der Waals surface area contributed by atoms with Crippen molar-refractivity contribution >= 4 is 15.7 Å². The van der Waals surface area contributed by atoms with E-state index in [0.29, 0.717) is 12.2 Å². The van der Waals surface area contributed by atoms with E-state index in [9.17, 15) is 13.5 Å². The molecule has 0 spiro atoms. The number of H-pyrrole nitrogens is 1. The molecule has 19 heavy (non-hydrogen) atoms. The number of phenolic OH excluding ortho intramolecular Hbond substituents is 1. The lowest BCUT2D eigenvalue weighted by molar-refractivity contribution is 0.472. The molecule has 0 unspecified atom stereocenters. The lowest BCUT2D eigenvalue weighted by Crippen LogP contribution is -2.35. The number of benzene rings is 1. The van der Waals surface area contributed by atoms with Crippen molar-refractivity contribution in [2.75, 3.05) is 10.8 Å². The van der Waals surface area contributed by atoms with E-state index >= 15 is 0 Å². The third kappa shape index (κ3) is 1.86. The van der Waals surface area contributed by atoms with Gasteiger partial charge in [-0.05, 0) is 30.5 Å². The molecule has 0 aliphatic carbocycles. The van der Waals surface area contributed by atoms with E-state index in [-0.39, 0.29) is 10.8 Å². The first-order chi connectivity index (χ1) is 9.10. The Bertz CT molecular complexity index is 695. The van der Waals surface area contributed by atoms with Gasteiger partial charge in [0.1, 0.15) is 5.75 Å². The Labute approximate surface area is 110 Å². The molecular formula is C12H13N3O3S. The Balaban J connectivity index is 2.15. The Kier molecular flexibility index (Phi) is 2.70. The van der Waals surface area contributed by atoms with Crippen LogP contribution in [0.3, 0.4) is 0 Å². The van der Waals surface area contributed by atoms with Crippen molar-refractivity contribution in [3.8, 4) is 5.75 Å². The number of sulfonamides is 1. The summed E-state index contributed by atoms with van der Waals surface area (Å²) in [5.74, 6) is -0.0136. The van der Waals surface area contributed by atoms with Gasteiger partial charge in [-0.3, -0.25) is 9.40 Å². The zero-order valence-corrected chi connectivity index (χ0v) is 10.9. The van der Waals surface area contributed by atoms with Gasteiger partial charge in [0.25, 0.3) is 10.0 Å². The van der Waals surface area contributed by atoms with Crippen LogP contribution in [0.25, 0.3) is 0 Å². The van der Waals surface area contributed by atoms with Crippen molar-refractivity contribution in [3.05, 3.63) is 36.0 Å². The van der Waals surface area contributed by atoms with Crippen molar-refractivity contribution in [3.63, 3.8) is 0 Å². The molecule has 1 aliphatic heterocycles. The highest BCUT2D eigenvalue weighted by atomic mass is 32.2. The summed E-state index contributed by atoms with van der Waals surface area (Å²) < 4.78 is 26.3. The van der Waals surface area contributed by atoms with Crippen molar-refractivity contribution in [2.24, 2.45) is 0 Å². The molecule has 0 saturated heterocycles. The van der Waals surface area contributed by atoms with Crippen LogP contribution in [0, 0.1) is 0 Å². The lowest BCUT2D eigenvalue weighted by atomic mass is 10.0. The molecule has 2 aromatic rings. The smallest absolute Gasteiger partial charge is 0.281 e. The number of aromatic hydroxyl groups is 1. The van der Waals surface area contributed by atoms with Crippen LogP contribution in [0.1, 0.15) is 12.0 Å². The second-order valence-corrected chi connectivity index (χ2v) is 6.22. The standard InChI is InChI=1S/C12H13N3O3S/c16-10-5-1-3-9-4-2-8-15(12(9)10)19(17,18)11-6-7-13-14-11/h1,3,5-7,16H,2,4,8H2,(H,13,14). The van der Waals surface area contributed by atoms with E-state index < -0.39 is 10.0 Å². The van der Waals surface area contributed by atoms with Crippen LogP contribution >= 0.6 is 0 Å². The average molecular weight is 279 g/mol. The van der Waals surface area contributed by atoms with Gasteiger partial charge in [0, 0.05) is 6.54 Å². The van der Waals surface area contributed by atoms with Crippen molar-refractivity contribution in [1.29, 1.82) is 0 Å². The molecule has 1 aromatic carbocycles. The molecule has 0 fully saturated rings. The minimum Gasteiger partial charge on any atom is -0.506 e. The molecule has 0 bridgehead atoms. The first kappa shape index (κ1) is 12.0. The second-order valence-electron chi connectivity index (χ2n) is 4.39. The van der Waals surface area contributed by atoms with Gasteiger partial charge in [-0.1, -0.05) is 12.1 Å². The maximum absolute atomic E-state index is 12.5. The van der Waals surface area contributed by atoms with Gasteiger partial charge < -0.3 is 5.11 Å². The van der Waals surface area contributed by atoms with Gasteiger partial charge in [0.05, 0.1) is 11.9 Å². The number of nitrogens with one attached hydrogen (secondary N) is 1. The molecule has 1 aliphatic rings. The molecule has 6 nitrogen and oxygen atoms in total. The number of hydrogen-bond acceptors (Lipinski definition) is 4. The van der Waals surface area contributed by atoms with Crippen molar-refractivity contribution in [1.82, 2.24) is 10.2 Å². The SMILES string of the molecule is O=S(=O)(c1ccn[nH]1)N1CCCc2cccc(O)c21. The summed E-state index contributed by atoms with van der Waals surface area (Å²) in [6, 6.07) is 6.47. The third-order valence-corrected chi connectivity index (χ3v) is 4.93. The largest absolute Gasteiger partial charge is 0.506 e. The zero-order valence-electron chi connectivity index (χ0n) is 10.1. The van der Waals surface area contributed by atoms with Gasteiger partial charge >= 0.3 is 0 Å². The topological polar surface area (TPSA) is 86.3 Å². The number of aromatic nitrogens is 2. The van der Waals surface area contributed by atoms with Crippen LogP contribution in [0.15, 0.2) is 35.5 Å². The molecule has 2 heterocycles. The monoisotopic (exact) mass is 279 g/mol. The summed E-state index contributed by atoms with van der Waals surface area (Å²) in [6.07, 6.45) is 2.88. The highest BCUT2D eigenvalue weighted by Gasteiger charge is 2.31. The predicted octanol–water partition coefficient (Wildman–Crippen LogP) is 1.26. The van der Waals surface area contributed by atoms with Crippen LogP contribution in [0.4, 0.5) is 5.69 Å². The zero-order chi connectivity index (χ0) is 13.5. The van der Waals surface area contributed by atoms with Gasteiger partial charge in [-0.25, -0.2) is 0 Å². The van der Waals surface area contributed by atoms with Crippen molar-refractivity contribution < 1.29 is 13.5 Å². The molecule has 0 radical (unpaired) electrons. The fourth-order valence-electron chi connectivity index (χ4n) is 2.34. The first-order valence-corrected chi connectivity index (χ1v) is 7.37. The average Bonchev–Trinajstić information content (AvgIpc) is 2.93. The Morgan fingerprint density at radius 2 is 2.16 bits per heavy atom. The number of rotatable bonds is 2. The van der Waals surface area contributed by atoms with E-state index in [1.54, 1.807) is 6.07 Å². The maximum atomic E-state index is 12.5. The van der Waals surface area contributed by atoms with E-state index in [2.05, 4.69) is 10.2 Å². The maximum Gasteiger partial charge on any atom is 0.281 e. The Hall–Kier alpha value is -2.02. The van der Waals surface area contributed by atoms with E-state index in [4.69, 9.17) is 0 Å². The van der Waals surface area contributed by atoms with E-state index in [1.165, 1.54) is 22.6 Å². The highest BCUT2D eigenvalue weighted by Crippen LogP contribution is 2.38. The van der Waals surface area contributed by atoms with Crippen LogP contribution in [-0.2, 0) is 16.4 Å². The summed E-state index contributed by atoms with van der Waals surface area (Å²) >= 11 is 0. The van der Waals surface area contributed by atoms with Crippen LogP contribution in [-0.4, -0.2) is 30.3 Å². The van der Waals surface area contributed by atoms with Gasteiger partial charge in [-0.15, -0.1) is 0 Å². The number of phenols is 1. The van der Waals surface area contributed by atoms with Crippen LogP contribution in [0.5, 0.6) is 5.75 Å².